The third kappa shape index (κ3) is 2.28. The van der Waals surface area contributed by atoms with Crippen LogP contribution in [0.25, 0.3) is 0 Å². The monoisotopic (exact) mass is 348 g/mol. The normalized spacial score (nSPS) is 49.0. The fourth-order valence-corrected chi connectivity index (χ4v) is 6.88. The second-order valence-electron chi connectivity index (χ2n) is 8.88. The molecule has 4 unspecified atom stereocenters. The number of ketones is 1. The van der Waals surface area contributed by atoms with E-state index in [4.69, 9.17) is 6.42 Å². The quantitative estimate of drug-likeness (QED) is 0.728. The van der Waals surface area contributed by atoms with Crippen molar-refractivity contribution in [2.45, 2.75) is 63.9 Å². The lowest BCUT2D eigenvalue weighted by Crippen LogP contribution is -2.56. The van der Waals surface area contributed by atoms with Crippen LogP contribution >= 0.6 is 0 Å². The minimum absolute atomic E-state index is 0.0775. The van der Waals surface area contributed by atoms with E-state index in [1.807, 2.05) is 6.92 Å². The molecule has 4 aliphatic carbocycles. The highest BCUT2D eigenvalue weighted by atomic mass is 19.3. The van der Waals surface area contributed by atoms with Gasteiger partial charge in [0.25, 0.3) is 0 Å². The van der Waals surface area contributed by atoms with Crippen molar-refractivity contribution in [3.05, 3.63) is 11.6 Å². The molecular formula is C21H26F2O2. The summed E-state index contributed by atoms with van der Waals surface area (Å²) < 4.78 is 28.2. The van der Waals surface area contributed by atoms with Crippen molar-refractivity contribution in [2.24, 2.45) is 35.0 Å². The highest BCUT2D eigenvalue weighted by molar-refractivity contribution is 5.91. The van der Waals surface area contributed by atoms with Crippen LogP contribution in [0, 0.1) is 47.3 Å². The zero-order valence-electron chi connectivity index (χ0n) is 14.7. The summed E-state index contributed by atoms with van der Waals surface area (Å²) in [4.78, 5) is 11.8. The van der Waals surface area contributed by atoms with E-state index in [0.717, 1.165) is 24.8 Å². The number of hydrogen-bond donors (Lipinski definition) is 1. The van der Waals surface area contributed by atoms with Gasteiger partial charge in [-0.25, -0.2) is 8.78 Å². The molecule has 3 fully saturated rings. The largest absolute Gasteiger partial charge is 0.377 e. The van der Waals surface area contributed by atoms with Crippen LogP contribution in [0.2, 0.25) is 0 Å². The summed E-state index contributed by atoms with van der Waals surface area (Å²) in [6, 6.07) is 0. The average molecular weight is 348 g/mol. The number of rotatable bonds is 1. The third-order valence-electron chi connectivity index (χ3n) is 8.06. The summed E-state index contributed by atoms with van der Waals surface area (Å²) in [6.45, 7) is 1.94. The minimum atomic E-state index is -2.41. The van der Waals surface area contributed by atoms with Gasteiger partial charge in [-0.3, -0.25) is 4.79 Å². The molecule has 0 aromatic heterocycles. The smallest absolute Gasteiger partial charge is 0.241 e. The lowest BCUT2D eigenvalue weighted by molar-refractivity contribution is -0.143. The molecule has 0 amide bonds. The predicted molar refractivity (Wildman–Crippen MR) is 90.8 cm³/mol. The molecule has 25 heavy (non-hydrogen) atoms. The Balaban J connectivity index is 1.76. The van der Waals surface area contributed by atoms with Gasteiger partial charge in [0, 0.05) is 17.8 Å². The Morgan fingerprint density at radius 3 is 2.76 bits per heavy atom. The summed E-state index contributed by atoms with van der Waals surface area (Å²) in [6.07, 6.45) is 9.42. The number of aliphatic hydroxyl groups is 1. The standard InChI is InChI=1S/C21H26F2O2/c1-3-21(25)9-8-17-15-6-4-12-10-13(24)5-7-14(12)18(15)16(19(22)23)11-20(17,21)2/h1,10,14-19,25H,4-9,11H2,2H3/t14?,15?,16-,17?,18?,20-,21-/m0/s1. The second kappa shape index (κ2) is 5.64. The first kappa shape index (κ1) is 17.2. The zero-order chi connectivity index (χ0) is 18.0. The van der Waals surface area contributed by atoms with E-state index in [0.29, 0.717) is 19.3 Å². The second-order valence-corrected chi connectivity index (χ2v) is 8.88. The topological polar surface area (TPSA) is 37.3 Å². The van der Waals surface area contributed by atoms with Crippen molar-refractivity contribution < 1.29 is 18.7 Å². The summed E-state index contributed by atoms with van der Waals surface area (Å²) in [5.74, 6) is 2.36. The summed E-state index contributed by atoms with van der Waals surface area (Å²) in [5.41, 5.74) is -0.804. The van der Waals surface area contributed by atoms with Gasteiger partial charge in [0.15, 0.2) is 5.78 Å². The lowest BCUT2D eigenvalue weighted by Gasteiger charge is -2.57. The number of allylic oxidation sites excluding steroid dienone is 1. The Kier molecular flexibility index (Phi) is 3.89. The van der Waals surface area contributed by atoms with E-state index >= 15 is 0 Å². The molecule has 0 aromatic rings. The SMILES string of the molecule is C#C[C@]1(O)CCC2C3CCC4=CC(=O)CCC4C3[C@@H](C(F)F)C[C@@]21C. The van der Waals surface area contributed by atoms with E-state index in [2.05, 4.69) is 5.92 Å². The summed E-state index contributed by atoms with van der Waals surface area (Å²) in [5, 5.41) is 11.0. The molecule has 4 heteroatoms. The van der Waals surface area contributed by atoms with Crippen LogP contribution < -0.4 is 0 Å². The van der Waals surface area contributed by atoms with Gasteiger partial charge in [-0.2, -0.15) is 0 Å². The Morgan fingerprint density at radius 2 is 2.08 bits per heavy atom. The molecule has 4 rings (SSSR count). The highest BCUT2D eigenvalue weighted by Crippen LogP contribution is 2.66. The summed E-state index contributed by atoms with van der Waals surface area (Å²) >= 11 is 0. The number of halogens is 2. The van der Waals surface area contributed by atoms with Crippen LogP contribution in [0.15, 0.2) is 11.6 Å². The average Bonchev–Trinajstić information content (AvgIpc) is 2.85. The van der Waals surface area contributed by atoms with Gasteiger partial charge in [0.2, 0.25) is 6.43 Å². The van der Waals surface area contributed by atoms with Gasteiger partial charge in [-0.15, -0.1) is 6.42 Å². The van der Waals surface area contributed by atoms with Crippen LogP contribution in [-0.2, 0) is 4.79 Å². The van der Waals surface area contributed by atoms with E-state index in [9.17, 15) is 18.7 Å². The predicted octanol–water partition coefficient (Wildman–Crippen LogP) is 3.98. The van der Waals surface area contributed by atoms with Gasteiger partial charge in [-0.1, -0.05) is 18.4 Å². The third-order valence-corrected chi connectivity index (χ3v) is 8.06. The molecule has 0 heterocycles. The number of carbonyl (C=O) groups excluding carboxylic acids is 1. The molecule has 136 valence electrons. The molecule has 0 spiro atoms. The first-order valence-electron chi connectivity index (χ1n) is 9.52. The Bertz CT molecular complexity index is 663. The Hall–Kier alpha value is -1.21. The minimum Gasteiger partial charge on any atom is -0.377 e. The number of terminal acetylenes is 1. The number of alkyl halides is 2. The first-order chi connectivity index (χ1) is 11.8. The maximum absolute atomic E-state index is 14.1. The number of fused-ring (bicyclic) bond motifs is 5. The molecule has 0 bridgehead atoms. The van der Waals surface area contributed by atoms with Crippen molar-refractivity contribution in [1.82, 2.24) is 0 Å². The van der Waals surface area contributed by atoms with Crippen molar-refractivity contribution >= 4 is 5.78 Å². The zero-order valence-corrected chi connectivity index (χ0v) is 14.7. The maximum Gasteiger partial charge on any atom is 0.241 e. The molecule has 0 aromatic carbocycles. The molecule has 0 aliphatic heterocycles. The van der Waals surface area contributed by atoms with Gasteiger partial charge >= 0.3 is 0 Å². The van der Waals surface area contributed by atoms with Crippen LogP contribution in [-0.4, -0.2) is 22.9 Å². The van der Waals surface area contributed by atoms with Gasteiger partial charge < -0.3 is 5.11 Å². The molecule has 0 saturated heterocycles. The summed E-state index contributed by atoms with van der Waals surface area (Å²) in [7, 11) is 0. The Labute approximate surface area is 148 Å². The molecule has 1 N–H and O–H groups in total. The van der Waals surface area contributed by atoms with Gasteiger partial charge in [0.05, 0.1) is 0 Å². The van der Waals surface area contributed by atoms with Crippen molar-refractivity contribution in [2.75, 3.05) is 0 Å². The van der Waals surface area contributed by atoms with Crippen LogP contribution in [0.3, 0.4) is 0 Å². The van der Waals surface area contributed by atoms with E-state index in [1.54, 1.807) is 6.08 Å². The molecule has 0 radical (unpaired) electrons. The van der Waals surface area contributed by atoms with Gasteiger partial charge in [-0.05, 0) is 68.3 Å². The molecular weight excluding hydrogens is 322 g/mol. The maximum atomic E-state index is 14.1. The van der Waals surface area contributed by atoms with E-state index < -0.39 is 23.4 Å². The molecule has 3 saturated carbocycles. The van der Waals surface area contributed by atoms with Crippen molar-refractivity contribution in [3.63, 3.8) is 0 Å². The first-order valence-corrected chi connectivity index (χ1v) is 9.52. The van der Waals surface area contributed by atoms with Gasteiger partial charge in [0.1, 0.15) is 5.60 Å². The lowest BCUT2D eigenvalue weighted by atomic mass is 9.47. The van der Waals surface area contributed by atoms with E-state index in [1.165, 1.54) is 0 Å². The van der Waals surface area contributed by atoms with Crippen LogP contribution in [0.5, 0.6) is 0 Å². The Morgan fingerprint density at radius 1 is 1.32 bits per heavy atom. The molecule has 2 nitrogen and oxygen atoms in total. The fraction of sp³-hybridized carbons (Fsp3) is 0.762. The van der Waals surface area contributed by atoms with Crippen molar-refractivity contribution in [3.8, 4) is 12.3 Å². The van der Waals surface area contributed by atoms with Crippen LogP contribution in [0.1, 0.15) is 51.9 Å². The fourth-order valence-electron chi connectivity index (χ4n) is 6.88. The molecule has 4 aliphatic rings. The van der Waals surface area contributed by atoms with Crippen LogP contribution in [0.4, 0.5) is 8.78 Å². The molecule has 7 atom stereocenters. The number of carbonyl (C=O) groups is 1. The number of hydrogen-bond acceptors (Lipinski definition) is 2. The highest BCUT2D eigenvalue weighted by Gasteiger charge is 2.65. The van der Waals surface area contributed by atoms with Crippen molar-refractivity contribution in [1.29, 1.82) is 0 Å². The van der Waals surface area contributed by atoms with E-state index in [-0.39, 0.29) is 35.9 Å².